The molecule has 1 aromatic rings. The van der Waals surface area contributed by atoms with E-state index >= 15 is 0 Å². The first-order valence-corrected chi connectivity index (χ1v) is 9.88. The van der Waals surface area contributed by atoms with Gasteiger partial charge in [-0.2, -0.15) is 0 Å². The molecule has 2 aliphatic rings. The summed E-state index contributed by atoms with van der Waals surface area (Å²) in [7, 11) is 0. The third-order valence-electron chi connectivity index (χ3n) is 5.58. The highest BCUT2D eigenvalue weighted by Crippen LogP contribution is 2.21. The lowest BCUT2D eigenvalue weighted by atomic mass is 9.93. The van der Waals surface area contributed by atoms with Crippen molar-refractivity contribution in [1.29, 1.82) is 0 Å². The van der Waals surface area contributed by atoms with Crippen LogP contribution in [-0.4, -0.2) is 29.9 Å². The van der Waals surface area contributed by atoms with Crippen LogP contribution in [0.4, 0.5) is 0 Å². The van der Waals surface area contributed by atoms with Gasteiger partial charge in [-0.05, 0) is 37.8 Å². The first kappa shape index (κ1) is 17.5. The van der Waals surface area contributed by atoms with Crippen molar-refractivity contribution in [2.45, 2.75) is 70.4 Å². The zero-order valence-corrected chi connectivity index (χ0v) is 14.9. The van der Waals surface area contributed by atoms with Crippen LogP contribution in [-0.2, 0) is 11.3 Å². The Labute approximate surface area is 146 Å². The van der Waals surface area contributed by atoms with Gasteiger partial charge in [0.1, 0.15) is 0 Å². The summed E-state index contributed by atoms with van der Waals surface area (Å²) in [6.45, 7) is 2.99. The van der Waals surface area contributed by atoms with E-state index in [4.69, 9.17) is 0 Å². The van der Waals surface area contributed by atoms with E-state index in [1.807, 2.05) is 0 Å². The van der Waals surface area contributed by atoms with E-state index in [2.05, 4.69) is 40.5 Å². The standard InChI is InChI=1S/C21H32N2O/c24-21(22-20-13-7-2-1-3-8-14-20)19-12-9-15-23(17-19)16-18-10-5-4-6-11-18/h4-6,10-11,19-20H,1-3,7-9,12-17H2,(H,22,24)/t19-/m1/s1. The third kappa shape index (κ3) is 5.34. The number of nitrogens with zero attached hydrogens (tertiary/aromatic N) is 1. The van der Waals surface area contributed by atoms with Crippen molar-refractivity contribution >= 4 is 5.91 Å². The largest absolute Gasteiger partial charge is 0.353 e. The molecule has 0 aromatic heterocycles. The van der Waals surface area contributed by atoms with Gasteiger partial charge in [0.15, 0.2) is 0 Å². The molecule has 1 aromatic carbocycles. The number of amides is 1. The molecule has 0 spiro atoms. The zero-order chi connectivity index (χ0) is 16.6. The fraction of sp³-hybridized carbons (Fsp3) is 0.667. The predicted octanol–water partition coefficient (Wildman–Crippen LogP) is 4.13. The summed E-state index contributed by atoms with van der Waals surface area (Å²) in [5.41, 5.74) is 1.35. The summed E-state index contributed by atoms with van der Waals surface area (Å²) in [5, 5.41) is 3.38. The van der Waals surface area contributed by atoms with Crippen molar-refractivity contribution in [1.82, 2.24) is 10.2 Å². The second kappa shape index (κ2) is 9.22. The molecule has 1 amide bonds. The van der Waals surface area contributed by atoms with Gasteiger partial charge >= 0.3 is 0 Å². The molecule has 2 fully saturated rings. The minimum absolute atomic E-state index is 0.174. The maximum atomic E-state index is 12.7. The van der Waals surface area contributed by atoms with Crippen LogP contribution in [0.3, 0.4) is 0 Å². The molecule has 1 N–H and O–H groups in total. The van der Waals surface area contributed by atoms with Crippen molar-refractivity contribution < 1.29 is 4.79 Å². The minimum Gasteiger partial charge on any atom is -0.353 e. The molecule has 0 radical (unpaired) electrons. The summed E-state index contributed by atoms with van der Waals surface area (Å²) in [6.07, 6.45) is 11.1. The molecular formula is C21H32N2O. The second-order valence-electron chi connectivity index (χ2n) is 7.61. The second-order valence-corrected chi connectivity index (χ2v) is 7.61. The van der Waals surface area contributed by atoms with Gasteiger partial charge in [0.05, 0.1) is 5.92 Å². The number of carbonyl (C=O) groups excluding carboxylic acids is 1. The molecule has 3 heteroatoms. The van der Waals surface area contributed by atoms with Crippen LogP contribution in [0.5, 0.6) is 0 Å². The monoisotopic (exact) mass is 328 g/mol. The first-order chi connectivity index (χ1) is 11.8. The van der Waals surface area contributed by atoms with E-state index in [1.54, 1.807) is 0 Å². The quantitative estimate of drug-likeness (QED) is 0.901. The molecule has 1 saturated carbocycles. The van der Waals surface area contributed by atoms with E-state index in [9.17, 15) is 4.79 Å². The maximum absolute atomic E-state index is 12.7. The molecular weight excluding hydrogens is 296 g/mol. The van der Waals surface area contributed by atoms with Gasteiger partial charge in [0.2, 0.25) is 5.91 Å². The highest BCUT2D eigenvalue weighted by atomic mass is 16.2. The van der Waals surface area contributed by atoms with E-state index < -0.39 is 0 Å². The molecule has 1 saturated heterocycles. The van der Waals surface area contributed by atoms with Crippen molar-refractivity contribution in [3.8, 4) is 0 Å². The number of hydrogen-bond donors (Lipinski definition) is 1. The molecule has 1 aliphatic heterocycles. The van der Waals surface area contributed by atoms with Gasteiger partial charge in [-0.25, -0.2) is 0 Å². The lowest BCUT2D eigenvalue weighted by molar-refractivity contribution is -0.127. The minimum atomic E-state index is 0.174. The van der Waals surface area contributed by atoms with Crippen molar-refractivity contribution in [2.24, 2.45) is 5.92 Å². The summed E-state index contributed by atoms with van der Waals surface area (Å²) >= 11 is 0. The van der Waals surface area contributed by atoms with Crippen LogP contribution >= 0.6 is 0 Å². The molecule has 3 rings (SSSR count). The Kier molecular flexibility index (Phi) is 6.71. The number of piperidine rings is 1. The SMILES string of the molecule is O=C(NC1CCCCCCC1)[C@@H]1CCCN(Cc2ccccc2)C1. The zero-order valence-electron chi connectivity index (χ0n) is 14.9. The summed E-state index contributed by atoms with van der Waals surface area (Å²) < 4.78 is 0. The van der Waals surface area contributed by atoms with Gasteiger partial charge < -0.3 is 5.32 Å². The lowest BCUT2D eigenvalue weighted by Gasteiger charge is -2.33. The lowest BCUT2D eigenvalue weighted by Crippen LogP contribution is -2.45. The fourth-order valence-corrected chi connectivity index (χ4v) is 4.17. The molecule has 1 aliphatic carbocycles. The Balaban J connectivity index is 1.49. The first-order valence-electron chi connectivity index (χ1n) is 9.88. The van der Waals surface area contributed by atoms with Gasteiger partial charge in [-0.1, -0.05) is 62.4 Å². The number of rotatable bonds is 4. The van der Waals surface area contributed by atoms with Crippen LogP contribution in [0, 0.1) is 5.92 Å². The Morgan fingerprint density at radius 2 is 1.67 bits per heavy atom. The van der Waals surface area contributed by atoms with Crippen molar-refractivity contribution in [2.75, 3.05) is 13.1 Å². The molecule has 24 heavy (non-hydrogen) atoms. The normalized spacial score (nSPS) is 24.1. The van der Waals surface area contributed by atoms with Crippen molar-refractivity contribution in [3.05, 3.63) is 35.9 Å². The molecule has 3 nitrogen and oxygen atoms in total. The van der Waals surface area contributed by atoms with E-state index in [0.717, 1.165) is 32.5 Å². The Morgan fingerprint density at radius 1 is 0.958 bits per heavy atom. The summed E-state index contributed by atoms with van der Waals surface area (Å²) in [5.74, 6) is 0.478. The third-order valence-corrected chi connectivity index (χ3v) is 5.58. The van der Waals surface area contributed by atoms with E-state index in [0.29, 0.717) is 11.9 Å². The van der Waals surface area contributed by atoms with Gasteiger partial charge in [-0.3, -0.25) is 9.69 Å². The topological polar surface area (TPSA) is 32.3 Å². The van der Waals surface area contributed by atoms with E-state index in [-0.39, 0.29) is 5.92 Å². The number of likely N-dealkylation sites (tertiary alicyclic amines) is 1. The van der Waals surface area contributed by atoms with Gasteiger partial charge in [-0.15, -0.1) is 0 Å². The molecule has 1 atom stereocenters. The predicted molar refractivity (Wildman–Crippen MR) is 98.7 cm³/mol. The van der Waals surface area contributed by atoms with E-state index in [1.165, 1.54) is 50.5 Å². The van der Waals surface area contributed by atoms with Crippen LogP contribution < -0.4 is 5.32 Å². The molecule has 0 unspecified atom stereocenters. The Hall–Kier alpha value is -1.35. The Bertz CT molecular complexity index is 494. The summed E-state index contributed by atoms with van der Waals surface area (Å²) in [4.78, 5) is 15.2. The fourth-order valence-electron chi connectivity index (χ4n) is 4.17. The van der Waals surface area contributed by atoms with Crippen LogP contribution in [0.25, 0.3) is 0 Å². The molecule has 1 heterocycles. The average Bonchev–Trinajstić information content (AvgIpc) is 2.58. The van der Waals surface area contributed by atoms with Crippen LogP contribution in [0.1, 0.15) is 63.4 Å². The van der Waals surface area contributed by atoms with Crippen LogP contribution in [0.15, 0.2) is 30.3 Å². The maximum Gasteiger partial charge on any atom is 0.224 e. The highest BCUT2D eigenvalue weighted by molar-refractivity contribution is 5.79. The number of nitrogens with one attached hydrogen (secondary N) is 1. The van der Waals surface area contributed by atoms with Gasteiger partial charge in [0, 0.05) is 19.1 Å². The highest BCUT2D eigenvalue weighted by Gasteiger charge is 2.27. The Morgan fingerprint density at radius 3 is 2.42 bits per heavy atom. The smallest absolute Gasteiger partial charge is 0.224 e. The number of carbonyl (C=O) groups is 1. The van der Waals surface area contributed by atoms with Crippen LogP contribution in [0.2, 0.25) is 0 Å². The molecule has 132 valence electrons. The number of benzene rings is 1. The number of hydrogen-bond acceptors (Lipinski definition) is 2. The molecule has 0 bridgehead atoms. The average molecular weight is 328 g/mol. The van der Waals surface area contributed by atoms with Crippen molar-refractivity contribution in [3.63, 3.8) is 0 Å². The van der Waals surface area contributed by atoms with Gasteiger partial charge in [0.25, 0.3) is 0 Å². The summed E-state index contributed by atoms with van der Waals surface area (Å²) in [6, 6.07) is 11.0.